The van der Waals surface area contributed by atoms with Gasteiger partial charge < -0.3 is 5.32 Å². The van der Waals surface area contributed by atoms with Gasteiger partial charge in [0, 0.05) is 32.6 Å². The van der Waals surface area contributed by atoms with E-state index >= 15 is 0 Å². The Kier molecular flexibility index (Phi) is 0.590. The molecule has 0 aromatic rings. The van der Waals surface area contributed by atoms with E-state index in [0.29, 0.717) is 0 Å². The van der Waals surface area contributed by atoms with Crippen LogP contribution in [0, 0.1) is 0 Å². The smallest absolute Gasteiger partial charge is 0.0620 e. The molecular weight excluding hydrogens is 102 g/mol. The van der Waals surface area contributed by atoms with E-state index in [-0.39, 0.29) is 0 Å². The summed E-state index contributed by atoms with van der Waals surface area (Å²) in [5.41, 5.74) is 0. The van der Waals surface area contributed by atoms with Crippen molar-refractivity contribution in [1.82, 2.24) is 15.3 Å². The molecule has 1 heterocycles. The highest BCUT2D eigenvalue weighted by molar-refractivity contribution is 4.56. The summed E-state index contributed by atoms with van der Waals surface area (Å²) in [6.07, 6.45) is 0. The van der Waals surface area contributed by atoms with Crippen LogP contribution < -0.4 is 5.32 Å². The molecule has 0 saturated carbocycles. The number of nitrogens with one attached hydrogen (secondary N) is 1. The van der Waals surface area contributed by atoms with E-state index in [1.165, 1.54) is 14.1 Å². The lowest BCUT2D eigenvalue weighted by Crippen LogP contribution is -2.51. The summed E-state index contributed by atoms with van der Waals surface area (Å²) in [4.78, 5) is 0. The van der Waals surface area contributed by atoms with Crippen LogP contribution in [0.3, 0.4) is 0 Å². The van der Waals surface area contributed by atoms with E-state index in [0.717, 1.165) is 10.0 Å². The topological polar surface area (TPSA) is 18.5 Å². The monoisotopic (exact) mass is 121 g/mol. The van der Waals surface area contributed by atoms with Gasteiger partial charge >= 0.3 is 0 Å². The molecule has 0 radical (unpaired) electrons. The summed E-state index contributed by atoms with van der Waals surface area (Å²) < 4.78 is 44.6. The van der Waals surface area contributed by atoms with E-state index in [4.69, 9.17) is 8.22 Å². The first-order valence-electron chi connectivity index (χ1n) is 5.29. The van der Waals surface area contributed by atoms with Gasteiger partial charge in [0.15, 0.2) is 0 Å². The van der Waals surface area contributed by atoms with Crippen LogP contribution in [0.5, 0.6) is 0 Å². The highest BCUT2D eigenvalue weighted by Gasteiger charge is 2.08. The zero-order valence-electron chi connectivity index (χ0n) is 10.9. The van der Waals surface area contributed by atoms with Gasteiger partial charge in [-0.05, 0) is 0 Å². The molecule has 1 N–H and O–H groups in total. The molecule has 0 spiro atoms. The Morgan fingerprint density at radius 3 is 3.00 bits per heavy atom. The summed E-state index contributed by atoms with van der Waals surface area (Å²) >= 11 is 0. The fraction of sp³-hybridized carbons (Fsp3) is 1.00. The first kappa shape index (κ1) is 1.94. The quantitative estimate of drug-likeness (QED) is 0.458. The minimum absolute atomic E-state index is 0.906. The Morgan fingerprint density at radius 1 is 1.50 bits per heavy atom. The van der Waals surface area contributed by atoms with Gasteiger partial charge in [-0.3, -0.25) is 0 Å². The van der Waals surface area contributed by atoms with Crippen molar-refractivity contribution in [1.29, 1.82) is 0 Å². The maximum atomic E-state index is 7.49. The third-order valence-corrected chi connectivity index (χ3v) is 0.948. The standard InChI is InChI=1S/C5H13N3/c1-7-4-3-6-5-8(7)2/h6H,3-5H2,1-2H3/i3D2,4D2,5D2. The summed E-state index contributed by atoms with van der Waals surface area (Å²) in [5.74, 6) is 0. The third kappa shape index (κ3) is 1.18. The fourth-order valence-electron chi connectivity index (χ4n) is 0.368. The summed E-state index contributed by atoms with van der Waals surface area (Å²) in [7, 11) is 2.65. The van der Waals surface area contributed by atoms with Crippen molar-refractivity contribution < 1.29 is 8.22 Å². The van der Waals surface area contributed by atoms with Crippen LogP contribution >= 0.6 is 0 Å². The van der Waals surface area contributed by atoms with E-state index in [9.17, 15) is 0 Å². The van der Waals surface area contributed by atoms with Crippen molar-refractivity contribution in [3.63, 3.8) is 0 Å². The van der Waals surface area contributed by atoms with Crippen LogP contribution in [0.1, 0.15) is 8.22 Å². The van der Waals surface area contributed by atoms with E-state index in [1.807, 2.05) is 5.32 Å². The van der Waals surface area contributed by atoms with Crippen LogP contribution in [-0.4, -0.2) is 43.7 Å². The maximum Gasteiger partial charge on any atom is 0.0620 e. The van der Waals surface area contributed by atoms with Gasteiger partial charge in [-0.1, -0.05) is 0 Å². The Balaban J connectivity index is 3.09. The number of hydrogen-bond acceptors (Lipinski definition) is 3. The van der Waals surface area contributed by atoms with Crippen LogP contribution in [-0.2, 0) is 0 Å². The van der Waals surface area contributed by atoms with Crippen molar-refractivity contribution in [3.8, 4) is 0 Å². The van der Waals surface area contributed by atoms with Gasteiger partial charge in [-0.2, -0.15) is 0 Å². The molecule has 1 fully saturated rings. The average molecular weight is 121 g/mol. The molecule has 0 unspecified atom stereocenters. The molecule has 0 aliphatic carbocycles. The van der Waals surface area contributed by atoms with Crippen molar-refractivity contribution >= 4 is 0 Å². The Bertz CT molecular complexity index is 242. The second-order valence-corrected chi connectivity index (χ2v) is 1.52. The SMILES string of the molecule is [2H]C1([2H])NC([2H])([2H])C([2H])([2H])N(C)N1C. The molecule has 0 aromatic heterocycles. The van der Waals surface area contributed by atoms with E-state index < -0.39 is 19.6 Å². The van der Waals surface area contributed by atoms with Crippen LogP contribution in [0.25, 0.3) is 0 Å². The molecule has 48 valence electrons. The first-order valence-corrected chi connectivity index (χ1v) is 2.29. The Labute approximate surface area is 58.7 Å². The zero-order chi connectivity index (χ0) is 11.4. The van der Waals surface area contributed by atoms with E-state index in [1.54, 1.807) is 0 Å². The molecule has 3 heteroatoms. The maximum absolute atomic E-state index is 7.49. The lowest BCUT2D eigenvalue weighted by Gasteiger charge is -2.32. The lowest BCUT2D eigenvalue weighted by molar-refractivity contribution is -0.00601. The average Bonchev–Trinajstić information content (AvgIpc) is 1.97. The molecular formula is C5H13N3. The summed E-state index contributed by atoms with van der Waals surface area (Å²) in [6.45, 7) is -6.85. The first-order chi connectivity index (χ1) is 6.02. The number of nitrogens with zero attached hydrogens (tertiary/aromatic N) is 2. The highest BCUT2D eigenvalue weighted by atomic mass is 15.6. The van der Waals surface area contributed by atoms with Gasteiger partial charge in [-0.15, -0.1) is 0 Å². The molecule has 3 nitrogen and oxygen atoms in total. The number of likely N-dealkylation sites (N-methyl/N-ethyl adjacent to an activating group) is 1. The number of hydrogen-bond donors (Lipinski definition) is 1. The largest absolute Gasteiger partial charge is 0.302 e. The second kappa shape index (κ2) is 2.44. The molecule has 0 bridgehead atoms. The molecule has 0 aromatic carbocycles. The predicted molar refractivity (Wildman–Crippen MR) is 33.3 cm³/mol. The molecule has 0 atom stereocenters. The summed E-state index contributed by atoms with van der Waals surface area (Å²) in [5, 5.41) is 3.87. The van der Waals surface area contributed by atoms with Crippen LogP contribution in [0.15, 0.2) is 0 Å². The fourth-order valence-corrected chi connectivity index (χ4v) is 0.368. The molecule has 1 rings (SSSR count). The molecule has 1 saturated heterocycles. The second-order valence-electron chi connectivity index (χ2n) is 1.52. The lowest BCUT2D eigenvalue weighted by atomic mass is 10.5. The van der Waals surface area contributed by atoms with E-state index in [2.05, 4.69) is 0 Å². The normalized spacial score (nSPS) is 56.2. The molecule has 1 aliphatic rings. The summed E-state index contributed by atoms with van der Waals surface area (Å²) in [6, 6.07) is 0. The Hall–Kier alpha value is -0.120. The van der Waals surface area contributed by atoms with Crippen molar-refractivity contribution in [2.24, 2.45) is 0 Å². The molecule has 8 heavy (non-hydrogen) atoms. The van der Waals surface area contributed by atoms with Gasteiger partial charge in [0.2, 0.25) is 0 Å². The van der Waals surface area contributed by atoms with Crippen LogP contribution in [0.4, 0.5) is 0 Å². The molecule has 0 amide bonds. The zero-order valence-corrected chi connectivity index (χ0v) is 4.89. The van der Waals surface area contributed by atoms with Crippen molar-refractivity contribution in [3.05, 3.63) is 0 Å². The predicted octanol–water partition coefficient (Wildman–Crippen LogP) is -0.674. The molecule has 1 aliphatic heterocycles. The van der Waals surface area contributed by atoms with Crippen molar-refractivity contribution in [2.75, 3.05) is 33.7 Å². The van der Waals surface area contributed by atoms with Gasteiger partial charge in [0.1, 0.15) is 0 Å². The number of rotatable bonds is 0. The van der Waals surface area contributed by atoms with Gasteiger partial charge in [0.05, 0.1) is 9.36 Å². The number of hydrazine groups is 1. The van der Waals surface area contributed by atoms with Gasteiger partial charge in [0.25, 0.3) is 0 Å². The van der Waals surface area contributed by atoms with Gasteiger partial charge in [-0.25, -0.2) is 10.0 Å². The van der Waals surface area contributed by atoms with Crippen LogP contribution in [0.2, 0.25) is 0 Å². The minimum Gasteiger partial charge on any atom is -0.302 e. The third-order valence-electron chi connectivity index (χ3n) is 0.948. The minimum atomic E-state index is -2.45. The Morgan fingerprint density at radius 2 is 2.25 bits per heavy atom. The highest BCUT2D eigenvalue weighted by Crippen LogP contribution is 1.90. The van der Waals surface area contributed by atoms with Crippen molar-refractivity contribution in [2.45, 2.75) is 0 Å².